The largest absolute Gasteiger partial charge is 0.379 e. The quantitative estimate of drug-likeness (QED) is 0.509. The molecule has 2 aromatic rings. The normalized spacial score (nSPS) is 14.8. The molecule has 0 spiro atoms. The lowest BCUT2D eigenvalue weighted by Crippen LogP contribution is -2.40. The van der Waals surface area contributed by atoms with Gasteiger partial charge in [0.25, 0.3) is 0 Å². The van der Waals surface area contributed by atoms with Gasteiger partial charge in [-0.05, 0) is 51.1 Å². The Hall–Kier alpha value is -2.27. The molecule has 1 N–H and O–H groups in total. The van der Waals surface area contributed by atoms with Crippen molar-refractivity contribution in [1.82, 2.24) is 4.31 Å². The molecular weight excluding hydrogens is 462 g/mol. The average Bonchev–Trinajstić information content (AvgIpc) is 3.26. The van der Waals surface area contributed by atoms with E-state index in [1.807, 2.05) is 31.7 Å². The van der Waals surface area contributed by atoms with Gasteiger partial charge in [0.15, 0.2) is 5.78 Å². The van der Waals surface area contributed by atoms with Crippen LogP contribution in [0.1, 0.15) is 41.2 Å². The Balaban J connectivity index is 1.80. The fourth-order valence-electron chi connectivity index (χ4n) is 3.70. The number of benzene rings is 1. The molecule has 0 saturated carbocycles. The summed E-state index contributed by atoms with van der Waals surface area (Å²) in [4.78, 5) is 28.9. The monoisotopic (exact) mass is 493 g/mol. The summed E-state index contributed by atoms with van der Waals surface area (Å²) in [5.41, 5.74) is 1.17. The van der Waals surface area contributed by atoms with E-state index < -0.39 is 10.0 Å². The molecule has 0 atom stereocenters. The number of anilines is 2. The fourth-order valence-corrected chi connectivity index (χ4v) is 5.97. The van der Waals surface area contributed by atoms with Crippen LogP contribution in [0, 0.1) is 6.92 Å². The summed E-state index contributed by atoms with van der Waals surface area (Å²) in [7, 11) is -3.70. The number of hydrogen-bond donors (Lipinski definition) is 1. The van der Waals surface area contributed by atoms with E-state index in [4.69, 9.17) is 4.74 Å². The Kier molecular flexibility index (Phi) is 8.63. The lowest BCUT2D eigenvalue weighted by molar-refractivity contribution is -0.116. The van der Waals surface area contributed by atoms with Crippen LogP contribution in [0.25, 0.3) is 0 Å². The zero-order chi connectivity index (χ0) is 24.0. The summed E-state index contributed by atoms with van der Waals surface area (Å²) < 4.78 is 32.9. The summed E-state index contributed by atoms with van der Waals surface area (Å²) in [6.45, 7) is 8.63. The molecule has 1 aliphatic heterocycles. The maximum Gasteiger partial charge on any atom is 0.243 e. The van der Waals surface area contributed by atoms with Crippen molar-refractivity contribution in [3.8, 4) is 0 Å². The zero-order valence-electron chi connectivity index (χ0n) is 19.3. The summed E-state index contributed by atoms with van der Waals surface area (Å²) in [5, 5.41) is 2.85. The van der Waals surface area contributed by atoms with Gasteiger partial charge in [-0.25, -0.2) is 8.42 Å². The number of aryl methyl sites for hydroxylation is 1. The lowest BCUT2D eigenvalue weighted by atomic mass is 10.1. The highest BCUT2D eigenvalue weighted by atomic mass is 32.2. The summed E-state index contributed by atoms with van der Waals surface area (Å²) in [6, 6.07) is 8.49. The Morgan fingerprint density at radius 3 is 2.39 bits per heavy atom. The van der Waals surface area contributed by atoms with E-state index in [-0.39, 0.29) is 29.4 Å². The fraction of sp³-hybridized carbons (Fsp3) is 0.478. The molecule has 10 heteroatoms. The predicted molar refractivity (Wildman–Crippen MR) is 131 cm³/mol. The van der Waals surface area contributed by atoms with Gasteiger partial charge in [-0.3, -0.25) is 9.59 Å². The van der Waals surface area contributed by atoms with Crippen LogP contribution in [0.4, 0.5) is 11.4 Å². The van der Waals surface area contributed by atoms with E-state index in [9.17, 15) is 18.0 Å². The maximum absolute atomic E-state index is 13.1. The lowest BCUT2D eigenvalue weighted by Gasteiger charge is -2.28. The van der Waals surface area contributed by atoms with Crippen LogP contribution in [0.5, 0.6) is 0 Å². The van der Waals surface area contributed by atoms with Crippen LogP contribution in [-0.4, -0.2) is 63.8 Å². The highest BCUT2D eigenvalue weighted by molar-refractivity contribution is 7.89. The SMILES string of the molecule is CCN(CC)c1ccc(S(=O)(=O)N2CCOCC2)cc1NC(=O)CCC(=O)c1ccc(C)s1. The first-order valence-corrected chi connectivity index (χ1v) is 13.4. The second kappa shape index (κ2) is 11.2. The van der Waals surface area contributed by atoms with Crippen molar-refractivity contribution in [2.75, 3.05) is 49.6 Å². The predicted octanol–water partition coefficient (Wildman–Crippen LogP) is 3.53. The zero-order valence-corrected chi connectivity index (χ0v) is 20.9. The smallest absolute Gasteiger partial charge is 0.243 e. The van der Waals surface area contributed by atoms with E-state index in [1.165, 1.54) is 21.7 Å². The van der Waals surface area contributed by atoms with Gasteiger partial charge in [0.1, 0.15) is 0 Å². The number of amides is 1. The number of Topliss-reactive ketones (excluding diaryl/α,β-unsaturated/α-hetero) is 1. The molecule has 0 aliphatic carbocycles. The van der Waals surface area contributed by atoms with Crippen LogP contribution in [-0.2, 0) is 19.6 Å². The third kappa shape index (κ3) is 6.20. The number of carbonyl (C=O) groups is 2. The number of carbonyl (C=O) groups excluding carboxylic acids is 2. The minimum Gasteiger partial charge on any atom is -0.379 e. The molecule has 33 heavy (non-hydrogen) atoms. The van der Waals surface area contributed by atoms with Crippen molar-refractivity contribution in [2.45, 2.75) is 38.5 Å². The number of nitrogens with zero attached hydrogens (tertiary/aromatic N) is 2. The molecule has 3 rings (SSSR count). The number of thiophene rings is 1. The third-order valence-electron chi connectivity index (χ3n) is 5.55. The number of hydrogen-bond acceptors (Lipinski definition) is 7. The van der Waals surface area contributed by atoms with E-state index in [0.717, 1.165) is 10.6 Å². The molecule has 1 aromatic heterocycles. The Bertz CT molecular complexity index is 1090. The number of rotatable bonds is 10. The number of nitrogens with one attached hydrogen (secondary N) is 1. The van der Waals surface area contributed by atoms with E-state index in [1.54, 1.807) is 18.2 Å². The van der Waals surface area contributed by atoms with Gasteiger partial charge in [-0.15, -0.1) is 11.3 Å². The highest BCUT2D eigenvalue weighted by Gasteiger charge is 2.27. The minimum atomic E-state index is -3.70. The molecule has 180 valence electrons. The molecular formula is C23H31N3O5S2. The molecule has 2 heterocycles. The van der Waals surface area contributed by atoms with Gasteiger partial charge in [-0.2, -0.15) is 4.31 Å². The maximum atomic E-state index is 13.1. The first-order chi connectivity index (χ1) is 15.8. The van der Waals surface area contributed by atoms with Crippen molar-refractivity contribution in [3.63, 3.8) is 0 Å². The number of ether oxygens (including phenoxy) is 1. The summed E-state index contributed by atoms with van der Waals surface area (Å²) >= 11 is 1.41. The van der Waals surface area contributed by atoms with E-state index in [0.29, 0.717) is 50.0 Å². The van der Waals surface area contributed by atoms with Crippen LogP contribution in [0.2, 0.25) is 0 Å². The standard InChI is InChI=1S/C23H31N3O5S2/c1-4-25(5-2)20-8-7-18(33(29,30)26-12-14-31-15-13-26)16-19(20)24-23(28)11-9-21(27)22-10-6-17(3)32-22/h6-8,10,16H,4-5,9,11-15H2,1-3H3,(H,24,28). The van der Waals surface area contributed by atoms with Gasteiger partial charge >= 0.3 is 0 Å². The number of morpholine rings is 1. The van der Waals surface area contributed by atoms with Gasteiger partial charge in [0, 0.05) is 43.9 Å². The van der Waals surface area contributed by atoms with Gasteiger partial charge in [0.2, 0.25) is 15.9 Å². The molecule has 0 unspecified atom stereocenters. The van der Waals surface area contributed by atoms with Crippen molar-refractivity contribution >= 4 is 44.4 Å². The Morgan fingerprint density at radius 1 is 1.09 bits per heavy atom. The topological polar surface area (TPSA) is 96.0 Å². The van der Waals surface area contributed by atoms with Crippen molar-refractivity contribution in [1.29, 1.82) is 0 Å². The molecule has 1 amide bonds. The Morgan fingerprint density at radius 2 is 1.79 bits per heavy atom. The van der Waals surface area contributed by atoms with E-state index in [2.05, 4.69) is 5.32 Å². The minimum absolute atomic E-state index is 0.0217. The second-order valence-corrected chi connectivity index (χ2v) is 11.0. The highest BCUT2D eigenvalue weighted by Crippen LogP contribution is 2.31. The van der Waals surface area contributed by atoms with Crippen LogP contribution >= 0.6 is 11.3 Å². The van der Waals surface area contributed by atoms with Gasteiger partial charge in [0.05, 0.1) is 34.4 Å². The molecule has 0 radical (unpaired) electrons. The van der Waals surface area contributed by atoms with Crippen LogP contribution < -0.4 is 10.2 Å². The van der Waals surface area contributed by atoms with Crippen molar-refractivity contribution in [2.24, 2.45) is 0 Å². The van der Waals surface area contributed by atoms with E-state index >= 15 is 0 Å². The molecule has 1 saturated heterocycles. The first kappa shape index (κ1) is 25.4. The number of sulfonamides is 1. The average molecular weight is 494 g/mol. The third-order valence-corrected chi connectivity index (χ3v) is 8.48. The van der Waals surface area contributed by atoms with Crippen LogP contribution in [0.15, 0.2) is 35.2 Å². The molecule has 8 nitrogen and oxygen atoms in total. The molecule has 1 aromatic carbocycles. The van der Waals surface area contributed by atoms with Crippen molar-refractivity contribution < 1.29 is 22.7 Å². The van der Waals surface area contributed by atoms with Crippen LogP contribution in [0.3, 0.4) is 0 Å². The molecule has 0 bridgehead atoms. The van der Waals surface area contributed by atoms with Gasteiger partial charge in [-0.1, -0.05) is 0 Å². The molecule has 1 fully saturated rings. The second-order valence-electron chi connectivity index (χ2n) is 7.75. The summed E-state index contributed by atoms with van der Waals surface area (Å²) in [5.74, 6) is -0.401. The summed E-state index contributed by atoms with van der Waals surface area (Å²) in [6.07, 6.45) is 0.117. The Labute approximate surface area is 199 Å². The molecule has 1 aliphatic rings. The van der Waals surface area contributed by atoms with Crippen molar-refractivity contribution in [3.05, 3.63) is 40.1 Å². The first-order valence-electron chi connectivity index (χ1n) is 11.1. The number of ketones is 1. The van der Waals surface area contributed by atoms with Gasteiger partial charge < -0.3 is 15.0 Å².